The van der Waals surface area contributed by atoms with Crippen molar-refractivity contribution in [2.24, 2.45) is 5.41 Å². The maximum Gasteiger partial charge on any atom is 0.227 e. The molecule has 2 aliphatic rings. The van der Waals surface area contributed by atoms with Crippen LogP contribution in [0.2, 0.25) is 0 Å². The van der Waals surface area contributed by atoms with Gasteiger partial charge in [0.25, 0.3) is 0 Å². The van der Waals surface area contributed by atoms with Crippen molar-refractivity contribution in [2.75, 3.05) is 13.1 Å². The minimum Gasteiger partial charge on any atom is -0.353 e. The van der Waals surface area contributed by atoms with E-state index in [1.165, 1.54) is 44.9 Å². The Labute approximate surface area is 117 Å². The number of rotatable bonds is 2. The van der Waals surface area contributed by atoms with Crippen molar-refractivity contribution in [3.05, 3.63) is 0 Å². The Hall–Kier alpha value is -0.280. The predicted octanol–water partition coefficient (Wildman–Crippen LogP) is 2.64. The van der Waals surface area contributed by atoms with Gasteiger partial charge >= 0.3 is 0 Å². The summed E-state index contributed by atoms with van der Waals surface area (Å²) in [4.78, 5) is 12.3. The minimum atomic E-state index is -0.164. The molecule has 0 radical (unpaired) electrons. The Morgan fingerprint density at radius 2 is 1.78 bits per heavy atom. The molecule has 1 amide bonds. The molecule has 4 heteroatoms. The first kappa shape index (κ1) is 15.8. The quantitative estimate of drug-likeness (QED) is 0.813. The maximum absolute atomic E-state index is 12.3. The Morgan fingerprint density at radius 3 is 2.33 bits per heavy atom. The number of hydrogen-bond acceptors (Lipinski definition) is 2. The van der Waals surface area contributed by atoms with Crippen molar-refractivity contribution in [3.8, 4) is 0 Å². The zero-order valence-electron chi connectivity index (χ0n) is 11.5. The van der Waals surface area contributed by atoms with Crippen molar-refractivity contribution in [3.63, 3.8) is 0 Å². The van der Waals surface area contributed by atoms with Gasteiger partial charge in [0.1, 0.15) is 0 Å². The van der Waals surface area contributed by atoms with Crippen molar-refractivity contribution in [1.82, 2.24) is 10.6 Å². The standard InChI is InChI=1S/C14H26N2O.ClH/c1-14(9-10-15-11-14)13(17)16-12-7-5-3-2-4-6-8-12;/h12,15H,2-11H2,1H3,(H,16,17);1H. The second-order valence-corrected chi connectivity index (χ2v) is 6.00. The van der Waals surface area contributed by atoms with Gasteiger partial charge in [-0.2, -0.15) is 0 Å². The third-order valence-electron chi connectivity index (χ3n) is 4.36. The topological polar surface area (TPSA) is 41.1 Å². The van der Waals surface area contributed by atoms with Gasteiger partial charge in [-0.1, -0.05) is 32.1 Å². The van der Waals surface area contributed by atoms with Crippen LogP contribution in [-0.2, 0) is 4.79 Å². The highest BCUT2D eigenvalue weighted by atomic mass is 35.5. The van der Waals surface area contributed by atoms with Gasteiger partial charge in [-0.05, 0) is 32.7 Å². The van der Waals surface area contributed by atoms with E-state index in [2.05, 4.69) is 17.6 Å². The lowest BCUT2D eigenvalue weighted by atomic mass is 9.87. The van der Waals surface area contributed by atoms with Crippen molar-refractivity contribution < 1.29 is 4.79 Å². The van der Waals surface area contributed by atoms with Gasteiger partial charge < -0.3 is 10.6 Å². The summed E-state index contributed by atoms with van der Waals surface area (Å²) in [5.41, 5.74) is -0.164. The summed E-state index contributed by atoms with van der Waals surface area (Å²) in [7, 11) is 0. The summed E-state index contributed by atoms with van der Waals surface area (Å²) in [6, 6.07) is 0.431. The molecule has 1 saturated heterocycles. The Balaban J connectivity index is 0.00000162. The second-order valence-electron chi connectivity index (χ2n) is 6.00. The van der Waals surface area contributed by atoms with Gasteiger partial charge in [0.05, 0.1) is 5.41 Å². The van der Waals surface area contributed by atoms with Crippen LogP contribution in [0.4, 0.5) is 0 Å². The van der Waals surface area contributed by atoms with Crippen LogP contribution in [0.25, 0.3) is 0 Å². The van der Waals surface area contributed by atoms with E-state index in [4.69, 9.17) is 0 Å². The molecule has 1 atom stereocenters. The second kappa shape index (κ2) is 7.34. The fraction of sp³-hybridized carbons (Fsp3) is 0.929. The van der Waals surface area contributed by atoms with Crippen LogP contribution >= 0.6 is 12.4 Å². The SMILES string of the molecule is CC1(C(=O)NC2CCCCCCC2)CCNC1.Cl. The predicted molar refractivity (Wildman–Crippen MR) is 77.1 cm³/mol. The van der Waals surface area contributed by atoms with E-state index in [0.717, 1.165) is 19.5 Å². The Kier molecular flexibility index (Phi) is 6.44. The normalized spacial score (nSPS) is 30.1. The molecule has 1 aliphatic carbocycles. The number of carbonyl (C=O) groups excluding carboxylic acids is 1. The Bertz CT molecular complexity index is 257. The summed E-state index contributed by atoms with van der Waals surface area (Å²) in [5.74, 6) is 0.271. The van der Waals surface area contributed by atoms with Gasteiger partial charge in [0, 0.05) is 12.6 Å². The molecule has 18 heavy (non-hydrogen) atoms. The lowest BCUT2D eigenvalue weighted by molar-refractivity contribution is -0.130. The largest absolute Gasteiger partial charge is 0.353 e. The van der Waals surface area contributed by atoms with E-state index in [1.807, 2.05) is 0 Å². The first-order valence-electron chi connectivity index (χ1n) is 7.22. The third kappa shape index (κ3) is 4.13. The third-order valence-corrected chi connectivity index (χ3v) is 4.36. The van der Waals surface area contributed by atoms with Crippen LogP contribution in [0.15, 0.2) is 0 Å². The van der Waals surface area contributed by atoms with E-state index >= 15 is 0 Å². The number of carbonyl (C=O) groups is 1. The highest BCUT2D eigenvalue weighted by Gasteiger charge is 2.36. The lowest BCUT2D eigenvalue weighted by Gasteiger charge is -2.27. The van der Waals surface area contributed by atoms with Crippen molar-refractivity contribution >= 4 is 18.3 Å². The van der Waals surface area contributed by atoms with Crippen LogP contribution < -0.4 is 10.6 Å². The molecule has 0 spiro atoms. The van der Waals surface area contributed by atoms with E-state index < -0.39 is 0 Å². The molecule has 0 aromatic heterocycles. The molecular weight excluding hydrogens is 248 g/mol. The highest BCUT2D eigenvalue weighted by molar-refractivity contribution is 5.85. The van der Waals surface area contributed by atoms with E-state index in [-0.39, 0.29) is 23.7 Å². The first-order valence-corrected chi connectivity index (χ1v) is 7.22. The zero-order chi connectivity index (χ0) is 12.1. The molecule has 0 aromatic carbocycles. The number of hydrogen-bond donors (Lipinski definition) is 2. The smallest absolute Gasteiger partial charge is 0.227 e. The monoisotopic (exact) mass is 274 g/mol. The van der Waals surface area contributed by atoms with Gasteiger partial charge in [-0.3, -0.25) is 4.79 Å². The fourth-order valence-corrected chi connectivity index (χ4v) is 2.97. The molecule has 2 rings (SSSR count). The van der Waals surface area contributed by atoms with E-state index in [0.29, 0.717) is 6.04 Å². The van der Waals surface area contributed by atoms with Crippen molar-refractivity contribution in [2.45, 2.75) is 64.3 Å². The first-order chi connectivity index (χ1) is 8.21. The average Bonchev–Trinajstić information content (AvgIpc) is 2.70. The molecule has 2 fully saturated rings. The zero-order valence-corrected chi connectivity index (χ0v) is 12.3. The number of nitrogens with one attached hydrogen (secondary N) is 2. The van der Waals surface area contributed by atoms with E-state index in [9.17, 15) is 4.79 Å². The summed E-state index contributed by atoms with van der Waals surface area (Å²) in [6.45, 7) is 3.91. The molecule has 3 nitrogen and oxygen atoms in total. The summed E-state index contributed by atoms with van der Waals surface area (Å²) >= 11 is 0. The molecule has 1 heterocycles. The molecule has 1 unspecified atom stereocenters. The van der Waals surface area contributed by atoms with Crippen LogP contribution in [0, 0.1) is 5.41 Å². The number of amides is 1. The van der Waals surface area contributed by atoms with Crippen LogP contribution in [0.3, 0.4) is 0 Å². The molecule has 106 valence electrons. The van der Waals surface area contributed by atoms with Crippen LogP contribution in [0.1, 0.15) is 58.3 Å². The number of halogens is 1. The minimum absolute atomic E-state index is 0. The molecule has 0 aromatic rings. The van der Waals surface area contributed by atoms with Gasteiger partial charge in [-0.25, -0.2) is 0 Å². The molecule has 1 saturated carbocycles. The summed E-state index contributed by atoms with van der Waals surface area (Å²) < 4.78 is 0. The highest BCUT2D eigenvalue weighted by Crippen LogP contribution is 2.26. The molecular formula is C14H27ClN2O. The fourth-order valence-electron chi connectivity index (χ4n) is 2.97. The van der Waals surface area contributed by atoms with E-state index in [1.54, 1.807) is 0 Å². The van der Waals surface area contributed by atoms with Gasteiger partial charge in [0.15, 0.2) is 0 Å². The maximum atomic E-state index is 12.3. The Morgan fingerprint density at radius 1 is 1.17 bits per heavy atom. The van der Waals surface area contributed by atoms with Crippen LogP contribution in [0.5, 0.6) is 0 Å². The molecule has 0 bridgehead atoms. The molecule has 2 N–H and O–H groups in total. The van der Waals surface area contributed by atoms with Crippen LogP contribution in [-0.4, -0.2) is 25.0 Å². The molecule has 1 aliphatic heterocycles. The van der Waals surface area contributed by atoms with Gasteiger partial charge in [-0.15, -0.1) is 12.4 Å². The summed E-state index contributed by atoms with van der Waals surface area (Å²) in [6.07, 6.45) is 9.94. The van der Waals surface area contributed by atoms with Gasteiger partial charge in [0.2, 0.25) is 5.91 Å². The van der Waals surface area contributed by atoms with Crippen molar-refractivity contribution in [1.29, 1.82) is 0 Å². The average molecular weight is 275 g/mol. The lowest BCUT2D eigenvalue weighted by Crippen LogP contribution is -2.45. The summed E-state index contributed by atoms with van der Waals surface area (Å²) in [5, 5.41) is 6.58.